The average molecular weight is 472 g/mol. The van der Waals surface area contributed by atoms with E-state index in [0.717, 1.165) is 18.4 Å². The number of nitrogens with one attached hydrogen (secondary N) is 3. The lowest BCUT2D eigenvalue weighted by molar-refractivity contribution is -0.131. The molecule has 0 aliphatic heterocycles. The van der Waals surface area contributed by atoms with E-state index in [-0.39, 0.29) is 34.6 Å². The van der Waals surface area contributed by atoms with Gasteiger partial charge in [-0.05, 0) is 63.1 Å². The SMILES string of the molecule is C[C@H](NC(=O)[C@@H](C)NC(=O)C1CCC(CNS(=O)(=O)c2ccccc2)CC1)c1ccccc1. The van der Waals surface area contributed by atoms with Crippen LogP contribution in [0.5, 0.6) is 0 Å². The number of sulfonamides is 1. The van der Waals surface area contributed by atoms with Crippen LogP contribution in [-0.2, 0) is 19.6 Å². The molecule has 1 aliphatic carbocycles. The van der Waals surface area contributed by atoms with Gasteiger partial charge >= 0.3 is 0 Å². The van der Waals surface area contributed by atoms with Crippen LogP contribution in [0.3, 0.4) is 0 Å². The van der Waals surface area contributed by atoms with Gasteiger partial charge in [0.05, 0.1) is 10.9 Å². The molecule has 3 N–H and O–H groups in total. The van der Waals surface area contributed by atoms with Gasteiger partial charge in [-0.15, -0.1) is 0 Å². The minimum absolute atomic E-state index is 0.117. The predicted molar refractivity (Wildman–Crippen MR) is 128 cm³/mol. The first-order chi connectivity index (χ1) is 15.8. The van der Waals surface area contributed by atoms with Crippen LogP contribution in [0.15, 0.2) is 65.6 Å². The Kier molecular flexibility index (Phi) is 8.63. The second-order valence-corrected chi connectivity index (χ2v) is 10.5. The first-order valence-electron chi connectivity index (χ1n) is 11.5. The fourth-order valence-corrected chi connectivity index (χ4v) is 5.24. The van der Waals surface area contributed by atoms with E-state index < -0.39 is 16.1 Å². The summed E-state index contributed by atoms with van der Waals surface area (Å²) in [5, 5.41) is 5.77. The number of carbonyl (C=O) groups excluding carboxylic acids is 2. The fourth-order valence-electron chi connectivity index (χ4n) is 4.10. The lowest BCUT2D eigenvalue weighted by Gasteiger charge is -2.29. The third-order valence-corrected chi connectivity index (χ3v) is 7.68. The zero-order valence-electron chi connectivity index (χ0n) is 19.2. The molecule has 3 rings (SSSR count). The van der Waals surface area contributed by atoms with E-state index in [1.165, 1.54) is 0 Å². The maximum atomic E-state index is 12.7. The molecule has 1 fully saturated rings. The maximum Gasteiger partial charge on any atom is 0.242 e. The highest BCUT2D eigenvalue weighted by Crippen LogP contribution is 2.29. The first kappa shape index (κ1) is 24.9. The van der Waals surface area contributed by atoms with Crippen LogP contribution in [0.4, 0.5) is 0 Å². The molecule has 0 unspecified atom stereocenters. The van der Waals surface area contributed by atoms with Crippen LogP contribution in [0, 0.1) is 11.8 Å². The van der Waals surface area contributed by atoms with Gasteiger partial charge in [0.15, 0.2) is 0 Å². The van der Waals surface area contributed by atoms with E-state index >= 15 is 0 Å². The van der Waals surface area contributed by atoms with Crippen LogP contribution < -0.4 is 15.4 Å². The molecular formula is C25H33N3O4S. The van der Waals surface area contributed by atoms with Gasteiger partial charge in [0.25, 0.3) is 0 Å². The molecule has 33 heavy (non-hydrogen) atoms. The summed E-state index contributed by atoms with van der Waals surface area (Å²) in [6, 6.07) is 17.2. The highest BCUT2D eigenvalue weighted by molar-refractivity contribution is 7.89. The number of rotatable bonds is 9. The molecule has 2 aromatic carbocycles. The summed E-state index contributed by atoms with van der Waals surface area (Å²) < 4.78 is 27.5. The number of hydrogen-bond acceptors (Lipinski definition) is 4. The number of hydrogen-bond donors (Lipinski definition) is 3. The van der Waals surface area contributed by atoms with Crippen molar-refractivity contribution < 1.29 is 18.0 Å². The first-order valence-corrected chi connectivity index (χ1v) is 12.9. The van der Waals surface area contributed by atoms with Crippen molar-refractivity contribution in [2.75, 3.05) is 6.54 Å². The molecule has 2 aromatic rings. The Morgan fingerprint density at radius 3 is 2.06 bits per heavy atom. The predicted octanol–water partition coefficient (Wildman–Crippen LogP) is 3.15. The van der Waals surface area contributed by atoms with Gasteiger partial charge in [0.1, 0.15) is 6.04 Å². The quantitative estimate of drug-likeness (QED) is 0.523. The van der Waals surface area contributed by atoms with Gasteiger partial charge in [-0.2, -0.15) is 0 Å². The fraction of sp³-hybridized carbons (Fsp3) is 0.440. The lowest BCUT2D eigenvalue weighted by Crippen LogP contribution is -2.47. The van der Waals surface area contributed by atoms with Crippen molar-refractivity contribution in [1.82, 2.24) is 15.4 Å². The van der Waals surface area contributed by atoms with Crippen LogP contribution in [0.2, 0.25) is 0 Å². The summed E-state index contributed by atoms with van der Waals surface area (Å²) >= 11 is 0. The van der Waals surface area contributed by atoms with Gasteiger partial charge in [0, 0.05) is 12.5 Å². The molecule has 7 nitrogen and oxygen atoms in total. The third kappa shape index (κ3) is 7.14. The smallest absolute Gasteiger partial charge is 0.242 e. The Morgan fingerprint density at radius 2 is 1.45 bits per heavy atom. The van der Waals surface area contributed by atoms with Gasteiger partial charge in [-0.25, -0.2) is 13.1 Å². The largest absolute Gasteiger partial charge is 0.348 e. The van der Waals surface area contributed by atoms with Crippen molar-refractivity contribution in [3.8, 4) is 0 Å². The Morgan fingerprint density at radius 1 is 0.879 bits per heavy atom. The summed E-state index contributed by atoms with van der Waals surface area (Å²) in [7, 11) is -3.52. The molecule has 0 aromatic heterocycles. The summed E-state index contributed by atoms with van der Waals surface area (Å²) in [5.41, 5.74) is 1.01. The van der Waals surface area contributed by atoms with Gasteiger partial charge in [-0.1, -0.05) is 48.5 Å². The normalized spacial score (nSPS) is 20.4. The molecule has 178 valence electrons. The van der Waals surface area contributed by atoms with Gasteiger partial charge < -0.3 is 10.6 Å². The molecule has 0 heterocycles. The molecule has 1 saturated carbocycles. The Hall–Kier alpha value is -2.71. The van der Waals surface area contributed by atoms with Crippen molar-refractivity contribution in [2.24, 2.45) is 11.8 Å². The van der Waals surface area contributed by atoms with E-state index in [4.69, 9.17) is 0 Å². The number of carbonyl (C=O) groups is 2. The zero-order chi connectivity index (χ0) is 23.8. The highest BCUT2D eigenvalue weighted by atomic mass is 32.2. The monoisotopic (exact) mass is 471 g/mol. The van der Waals surface area contributed by atoms with Crippen molar-refractivity contribution >= 4 is 21.8 Å². The average Bonchev–Trinajstić information content (AvgIpc) is 2.84. The molecular weight excluding hydrogens is 438 g/mol. The van der Waals surface area contributed by atoms with Crippen LogP contribution in [0.25, 0.3) is 0 Å². The third-order valence-electron chi connectivity index (χ3n) is 6.24. The topological polar surface area (TPSA) is 104 Å². The van der Waals surface area contributed by atoms with E-state index in [0.29, 0.717) is 19.4 Å². The van der Waals surface area contributed by atoms with Crippen LogP contribution in [0.1, 0.15) is 51.1 Å². The molecule has 8 heteroatoms. The van der Waals surface area contributed by atoms with E-state index in [1.807, 2.05) is 37.3 Å². The molecule has 0 spiro atoms. The molecule has 1 aliphatic rings. The second kappa shape index (κ2) is 11.4. The molecule has 2 amide bonds. The molecule has 0 radical (unpaired) electrons. The molecule has 2 atom stereocenters. The van der Waals surface area contributed by atoms with Crippen LogP contribution >= 0.6 is 0 Å². The van der Waals surface area contributed by atoms with Crippen molar-refractivity contribution in [2.45, 2.75) is 56.5 Å². The summed E-state index contributed by atoms with van der Waals surface area (Å²) in [6.45, 7) is 3.96. The lowest BCUT2D eigenvalue weighted by atomic mass is 9.81. The summed E-state index contributed by atoms with van der Waals surface area (Å²) in [5.74, 6) is -0.300. The Labute approximate surface area is 196 Å². The van der Waals surface area contributed by atoms with Crippen molar-refractivity contribution in [3.05, 3.63) is 66.2 Å². The van der Waals surface area contributed by atoms with E-state index in [2.05, 4.69) is 15.4 Å². The van der Waals surface area contributed by atoms with E-state index in [1.54, 1.807) is 37.3 Å². The van der Waals surface area contributed by atoms with Crippen molar-refractivity contribution in [3.63, 3.8) is 0 Å². The minimum atomic E-state index is -3.52. The highest BCUT2D eigenvalue weighted by Gasteiger charge is 2.29. The second-order valence-electron chi connectivity index (χ2n) is 8.75. The van der Waals surface area contributed by atoms with Crippen LogP contribution in [-0.4, -0.2) is 32.8 Å². The van der Waals surface area contributed by atoms with E-state index in [9.17, 15) is 18.0 Å². The van der Waals surface area contributed by atoms with Gasteiger partial charge in [0.2, 0.25) is 21.8 Å². The standard InChI is InChI=1S/C25H33N3O4S/c1-18(21-9-5-3-6-10-21)27-24(29)19(2)28-25(30)22-15-13-20(14-16-22)17-26-33(31,32)23-11-7-4-8-12-23/h3-12,18-20,22,26H,13-17H2,1-2H3,(H,27,29)(H,28,30)/t18-,19+,20?,22?/m0/s1. The number of amides is 2. The Balaban J connectivity index is 1.41. The van der Waals surface area contributed by atoms with Crippen molar-refractivity contribution in [1.29, 1.82) is 0 Å². The zero-order valence-corrected chi connectivity index (χ0v) is 20.0. The summed E-state index contributed by atoms with van der Waals surface area (Å²) in [4.78, 5) is 25.4. The molecule has 0 saturated heterocycles. The number of benzene rings is 2. The maximum absolute atomic E-state index is 12.7. The Bertz CT molecular complexity index is 1020. The minimum Gasteiger partial charge on any atom is -0.348 e. The summed E-state index contributed by atoms with van der Waals surface area (Å²) in [6.07, 6.45) is 2.89. The van der Waals surface area contributed by atoms with Gasteiger partial charge in [-0.3, -0.25) is 9.59 Å². The molecule has 0 bridgehead atoms.